The number of nitrogens with one attached hydrogen (secondary N) is 1. The number of aromatic nitrogens is 1. The normalized spacial score (nSPS) is 13.9. The van der Waals surface area contributed by atoms with Crippen LogP contribution in [0.2, 0.25) is 0 Å². The largest absolute Gasteiger partial charge is 0.497 e. The summed E-state index contributed by atoms with van der Waals surface area (Å²) in [4.78, 5) is 30.9. The topological polar surface area (TPSA) is 71.5 Å². The van der Waals surface area contributed by atoms with Crippen molar-refractivity contribution in [1.82, 2.24) is 15.2 Å². The van der Waals surface area contributed by atoms with E-state index in [2.05, 4.69) is 10.3 Å². The highest BCUT2D eigenvalue weighted by atomic mass is 16.5. The molecule has 0 atom stereocenters. The second-order valence-corrected chi connectivity index (χ2v) is 6.64. The maximum atomic E-state index is 12.6. The zero-order valence-electron chi connectivity index (χ0n) is 15.6. The van der Waals surface area contributed by atoms with Crippen LogP contribution >= 0.6 is 0 Å². The van der Waals surface area contributed by atoms with E-state index in [1.165, 1.54) is 12.6 Å². The molecule has 0 saturated carbocycles. The Balaban J connectivity index is 1.55. The molecule has 3 rings (SSSR count). The number of piperidine rings is 1. The van der Waals surface area contributed by atoms with Gasteiger partial charge >= 0.3 is 0 Å². The fourth-order valence-electron chi connectivity index (χ4n) is 3.17. The van der Waals surface area contributed by atoms with Gasteiger partial charge < -0.3 is 15.0 Å². The predicted molar refractivity (Wildman–Crippen MR) is 103 cm³/mol. The van der Waals surface area contributed by atoms with E-state index in [1.807, 2.05) is 29.2 Å². The van der Waals surface area contributed by atoms with E-state index in [1.54, 1.807) is 19.2 Å². The summed E-state index contributed by atoms with van der Waals surface area (Å²) < 4.78 is 5.13. The van der Waals surface area contributed by atoms with Crippen molar-refractivity contribution in [3.8, 4) is 5.75 Å². The van der Waals surface area contributed by atoms with Crippen molar-refractivity contribution in [2.24, 2.45) is 0 Å². The summed E-state index contributed by atoms with van der Waals surface area (Å²) in [6.07, 6.45) is 5.48. The standard InChI is InChI=1S/C21H25N3O3/c1-27-18-7-5-16(6-8-18)9-11-23-20(25)19-15-17(10-12-22-19)21(26)24-13-3-2-4-14-24/h5-8,10,12,15H,2-4,9,11,13-14H2,1H3,(H,23,25). The van der Waals surface area contributed by atoms with Crippen LogP contribution in [0.5, 0.6) is 5.75 Å². The van der Waals surface area contributed by atoms with Gasteiger partial charge in [0.25, 0.3) is 11.8 Å². The van der Waals surface area contributed by atoms with Gasteiger partial charge in [0.1, 0.15) is 11.4 Å². The molecule has 0 aliphatic carbocycles. The van der Waals surface area contributed by atoms with Crippen molar-refractivity contribution in [2.45, 2.75) is 25.7 Å². The fraction of sp³-hybridized carbons (Fsp3) is 0.381. The van der Waals surface area contributed by atoms with Crippen molar-refractivity contribution < 1.29 is 14.3 Å². The Morgan fingerprint density at radius 1 is 1.11 bits per heavy atom. The minimum Gasteiger partial charge on any atom is -0.497 e. The van der Waals surface area contributed by atoms with Crippen LogP contribution in [0.15, 0.2) is 42.6 Å². The number of nitrogens with zero attached hydrogens (tertiary/aromatic N) is 2. The van der Waals surface area contributed by atoms with Crippen LogP contribution in [-0.4, -0.2) is 48.4 Å². The molecule has 0 radical (unpaired) electrons. The fourth-order valence-corrected chi connectivity index (χ4v) is 3.17. The minimum absolute atomic E-state index is 0.0237. The number of rotatable bonds is 6. The Bertz CT molecular complexity index is 784. The molecule has 142 valence electrons. The smallest absolute Gasteiger partial charge is 0.269 e. The van der Waals surface area contributed by atoms with Crippen LogP contribution in [-0.2, 0) is 6.42 Å². The minimum atomic E-state index is -0.267. The zero-order chi connectivity index (χ0) is 19.1. The monoisotopic (exact) mass is 367 g/mol. The lowest BCUT2D eigenvalue weighted by atomic mass is 10.1. The number of ether oxygens (including phenoxy) is 1. The third-order valence-electron chi connectivity index (χ3n) is 4.74. The van der Waals surface area contributed by atoms with Gasteiger partial charge in [-0.25, -0.2) is 0 Å². The van der Waals surface area contributed by atoms with Crippen LogP contribution in [0.3, 0.4) is 0 Å². The molecule has 1 N–H and O–H groups in total. The number of hydrogen-bond acceptors (Lipinski definition) is 4. The molecule has 2 heterocycles. The van der Waals surface area contributed by atoms with Crippen LogP contribution in [0.1, 0.15) is 45.7 Å². The molecule has 27 heavy (non-hydrogen) atoms. The average Bonchev–Trinajstić information content (AvgIpc) is 2.74. The Kier molecular flexibility index (Phi) is 6.41. The second kappa shape index (κ2) is 9.16. The summed E-state index contributed by atoms with van der Waals surface area (Å²) in [5.74, 6) is 0.517. The molecule has 6 heteroatoms. The highest BCUT2D eigenvalue weighted by molar-refractivity contribution is 5.98. The van der Waals surface area contributed by atoms with E-state index in [0.29, 0.717) is 18.5 Å². The molecule has 1 aliphatic heterocycles. The first-order chi connectivity index (χ1) is 13.2. The van der Waals surface area contributed by atoms with Gasteiger partial charge in [-0.05, 0) is 55.5 Å². The molecule has 1 aromatic carbocycles. The number of methoxy groups -OCH3 is 1. The highest BCUT2D eigenvalue weighted by Gasteiger charge is 2.19. The van der Waals surface area contributed by atoms with E-state index in [4.69, 9.17) is 4.74 Å². The Morgan fingerprint density at radius 2 is 1.85 bits per heavy atom. The lowest BCUT2D eigenvalue weighted by Crippen LogP contribution is -2.35. The molecule has 1 fully saturated rings. The van der Waals surface area contributed by atoms with Crippen LogP contribution in [0.25, 0.3) is 0 Å². The third-order valence-corrected chi connectivity index (χ3v) is 4.74. The van der Waals surface area contributed by atoms with E-state index in [-0.39, 0.29) is 17.5 Å². The van der Waals surface area contributed by atoms with Gasteiger partial charge in [-0.1, -0.05) is 12.1 Å². The van der Waals surface area contributed by atoms with Gasteiger partial charge in [-0.3, -0.25) is 14.6 Å². The number of pyridine rings is 1. The first-order valence-corrected chi connectivity index (χ1v) is 9.34. The maximum absolute atomic E-state index is 12.6. The molecule has 2 amide bonds. The maximum Gasteiger partial charge on any atom is 0.269 e. The second-order valence-electron chi connectivity index (χ2n) is 6.64. The molecular weight excluding hydrogens is 342 g/mol. The molecule has 0 spiro atoms. The van der Waals surface area contributed by atoms with Crippen LogP contribution < -0.4 is 10.1 Å². The van der Waals surface area contributed by atoms with Gasteiger partial charge in [0.2, 0.25) is 0 Å². The predicted octanol–water partition coefficient (Wildman–Crippen LogP) is 2.69. The molecule has 0 unspecified atom stereocenters. The Morgan fingerprint density at radius 3 is 2.56 bits per heavy atom. The van der Waals surface area contributed by atoms with E-state index in [0.717, 1.165) is 37.2 Å². The van der Waals surface area contributed by atoms with Crippen molar-refractivity contribution in [3.05, 3.63) is 59.4 Å². The number of benzene rings is 1. The summed E-state index contributed by atoms with van der Waals surface area (Å²) in [5.41, 5.74) is 1.90. The zero-order valence-corrected chi connectivity index (χ0v) is 15.6. The number of carbonyl (C=O) groups excluding carboxylic acids is 2. The summed E-state index contributed by atoms with van der Waals surface area (Å²) in [6, 6.07) is 11.0. The van der Waals surface area contributed by atoms with Gasteiger partial charge in [0, 0.05) is 31.4 Å². The molecule has 1 saturated heterocycles. The van der Waals surface area contributed by atoms with Crippen molar-refractivity contribution >= 4 is 11.8 Å². The highest BCUT2D eigenvalue weighted by Crippen LogP contribution is 2.14. The Hall–Kier alpha value is -2.89. The SMILES string of the molecule is COc1ccc(CCNC(=O)c2cc(C(=O)N3CCCCC3)ccn2)cc1. The van der Waals surface area contributed by atoms with Gasteiger partial charge in [-0.2, -0.15) is 0 Å². The first-order valence-electron chi connectivity index (χ1n) is 9.34. The lowest BCUT2D eigenvalue weighted by Gasteiger charge is -2.26. The van der Waals surface area contributed by atoms with Crippen LogP contribution in [0.4, 0.5) is 0 Å². The molecular formula is C21H25N3O3. The molecule has 6 nitrogen and oxygen atoms in total. The summed E-state index contributed by atoms with van der Waals surface area (Å²) in [7, 11) is 1.63. The first kappa shape index (κ1) is 18.9. The summed E-state index contributed by atoms with van der Waals surface area (Å²) in [5, 5.41) is 2.86. The molecule has 2 aromatic rings. The quantitative estimate of drug-likeness (QED) is 0.852. The van der Waals surface area contributed by atoms with E-state index >= 15 is 0 Å². The molecule has 1 aliphatic rings. The van der Waals surface area contributed by atoms with Gasteiger partial charge in [0.15, 0.2) is 0 Å². The van der Waals surface area contributed by atoms with Crippen molar-refractivity contribution in [1.29, 1.82) is 0 Å². The number of amides is 2. The van der Waals surface area contributed by atoms with Crippen molar-refractivity contribution in [3.63, 3.8) is 0 Å². The number of hydrogen-bond donors (Lipinski definition) is 1. The number of carbonyl (C=O) groups is 2. The molecule has 1 aromatic heterocycles. The molecule has 0 bridgehead atoms. The van der Waals surface area contributed by atoms with E-state index in [9.17, 15) is 9.59 Å². The lowest BCUT2D eigenvalue weighted by molar-refractivity contribution is 0.0724. The average molecular weight is 367 g/mol. The van der Waals surface area contributed by atoms with E-state index < -0.39 is 0 Å². The van der Waals surface area contributed by atoms with Gasteiger partial charge in [0.05, 0.1) is 7.11 Å². The van der Waals surface area contributed by atoms with Crippen molar-refractivity contribution in [2.75, 3.05) is 26.7 Å². The number of likely N-dealkylation sites (tertiary alicyclic amines) is 1. The summed E-state index contributed by atoms with van der Waals surface area (Å²) >= 11 is 0. The summed E-state index contributed by atoms with van der Waals surface area (Å²) in [6.45, 7) is 2.06. The van der Waals surface area contributed by atoms with Crippen LogP contribution in [0, 0.1) is 0 Å². The third kappa shape index (κ3) is 5.06. The Labute approximate surface area is 159 Å². The van der Waals surface area contributed by atoms with Gasteiger partial charge in [-0.15, -0.1) is 0 Å².